The van der Waals surface area contributed by atoms with Crippen molar-refractivity contribution in [2.75, 3.05) is 5.32 Å². The minimum atomic E-state index is -4.68. The second-order valence-electron chi connectivity index (χ2n) is 6.13. The van der Waals surface area contributed by atoms with Crippen molar-refractivity contribution in [2.45, 2.75) is 26.1 Å². The van der Waals surface area contributed by atoms with E-state index in [9.17, 15) is 22.8 Å². The van der Waals surface area contributed by atoms with Crippen LogP contribution in [0.25, 0.3) is 0 Å². The lowest BCUT2D eigenvalue weighted by molar-refractivity contribution is -0.138. The smallest absolute Gasteiger partial charge is 0.417 e. The summed E-state index contributed by atoms with van der Waals surface area (Å²) < 4.78 is 44.0. The van der Waals surface area contributed by atoms with Crippen LogP contribution < -0.4 is 5.32 Å². The number of benzene rings is 2. The fraction of sp³-hybridized carbons (Fsp3) is 0.200. The Hall–Kier alpha value is -3.27. The molecule has 6 nitrogen and oxygen atoms in total. The van der Waals surface area contributed by atoms with Gasteiger partial charge < -0.3 is 10.1 Å². The van der Waals surface area contributed by atoms with Crippen LogP contribution in [0.1, 0.15) is 43.2 Å². The number of carbonyl (C=O) groups is 2. The molecule has 0 saturated heterocycles. The van der Waals surface area contributed by atoms with E-state index < -0.39 is 35.8 Å². The first-order valence-electron chi connectivity index (χ1n) is 8.84. The van der Waals surface area contributed by atoms with Crippen LogP contribution in [0.2, 0.25) is 0 Å². The van der Waals surface area contributed by atoms with Crippen LogP contribution in [0.3, 0.4) is 0 Å². The Balaban J connectivity index is 1.62. The number of aryl methyl sites for hydroxylation is 1. The Bertz CT molecular complexity index is 1050. The molecule has 10 heteroatoms. The Kier molecular flexibility index (Phi) is 6.46. The third-order valence-corrected chi connectivity index (χ3v) is 4.96. The van der Waals surface area contributed by atoms with Gasteiger partial charge in [0.05, 0.1) is 11.1 Å². The molecular weight excluding hydrogens is 419 g/mol. The maximum Gasteiger partial charge on any atom is 0.417 e. The van der Waals surface area contributed by atoms with E-state index in [2.05, 4.69) is 15.5 Å². The van der Waals surface area contributed by atoms with Gasteiger partial charge in [-0.1, -0.05) is 42.5 Å². The van der Waals surface area contributed by atoms with E-state index in [-0.39, 0.29) is 10.0 Å². The number of aromatic nitrogens is 2. The fourth-order valence-corrected chi connectivity index (χ4v) is 3.17. The highest BCUT2D eigenvalue weighted by Crippen LogP contribution is 2.32. The molecule has 30 heavy (non-hydrogen) atoms. The van der Waals surface area contributed by atoms with Crippen molar-refractivity contribution < 1.29 is 27.5 Å². The Morgan fingerprint density at radius 2 is 1.77 bits per heavy atom. The zero-order valence-corrected chi connectivity index (χ0v) is 16.5. The van der Waals surface area contributed by atoms with Crippen LogP contribution in [0.4, 0.5) is 18.9 Å². The number of alkyl halides is 3. The molecule has 0 saturated carbocycles. The van der Waals surface area contributed by atoms with Crippen LogP contribution >= 0.6 is 11.3 Å². The molecule has 0 fully saturated rings. The van der Waals surface area contributed by atoms with Gasteiger partial charge in [0.15, 0.2) is 5.01 Å². The number of halogens is 3. The third-order valence-electron chi connectivity index (χ3n) is 4.06. The molecule has 0 aliphatic heterocycles. The summed E-state index contributed by atoms with van der Waals surface area (Å²) in [5, 5.41) is 10.4. The summed E-state index contributed by atoms with van der Waals surface area (Å²) in [5.74, 6) is -1.63. The lowest BCUT2D eigenvalue weighted by Crippen LogP contribution is -2.14. The summed E-state index contributed by atoms with van der Waals surface area (Å²) in [5.41, 5.74) is 0.0358. The molecule has 0 aliphatic carbocycles. The van der Waals surface area contributed by atoms with Crippen molar-refractivity contribution in [3.8, 4) is 0 Å². The first kappa shape index (κ1) is 21.4. The van der Waals surface area contributed by atoms with Gasteiger partial charge in [-0.2, -0.15) is 13.2 Å². The van der Waals surface area contributed by atoms with Crippen molar-refractivity contribution in [1.29, 1.82) is 0 Å². The molecule has 0 aliphatic rings. The second kappa shape index (κ2) is 9.04. The number of nitrogens with one attached hydrogen (secondary N) is 1. The number of carbonyl (C=O) groups excluding carboxylic acids is 2. The van der Waals surface area contributed by atoms with Crippen molar-refractivity contribution in [3.63, 3.8) is 0 Å². The molecule has 0 bridgehead atoms. The summed E-state index contributed by atoms with van der Waals surface area (Å²) in [6.07, 6.45) is -3.81. The molecule has 2 aromatic carbocycles. The van der Waals surface area contributed by atoms with E-state index in [1.807, 2.05) is 19.1 Å². The van der Waals surface area contributed by atoms with Crippen LogP contribution in [0.15, 0.2) is 48.5 Å². The van der Waals surface area contributed by atoms with Crippen LogP contribution in [-0.2, 0) is 23.9 Å². The van der Waals surface area contributed by atoms with Gasteiger partial charge in [0.2, 0.25) is 5.01 Å². The van der Waals surface area contributed by atoms with E-state index in [4.69, 9.17) is 4.74 Å². The van der Waals surface area contributed by atoms with Gasteiger partial charge in [-0.15, -0.1) is 10.2 Å². The standard InChI is InChI=1S/C20H16F3N3O3S/c1-2-12-7-9-13(10-8-12)24-17(27)18-26-25-16(30-18)11-29-19(28)14-5-3-4-6-15(14)20(21,22)23/h3-10H,2,11H2,1H3,(H,24,27). The number of nitrogens with zero attached hydrogens (tertiary/aromatic N) is 2. The largest absolute Gasteiger partial charge is 0.455 e. The Morgan fingerprint density at radius 1 is 1.07 bits per heavy atom. The van der Waals surface area contributed by atoms with Gasteiger partial charge >= 0.3 is 12.1 Å². The number of anilines is 1. The molecule has 1 aromatic heterocycles. The molecule has 3 rings (SSSR count). The molecule has 156 valence electrons. The lowest BCUT2D eigenvalue weighted by atomic mass is 10.1. The minimum absolute atomic E-state index is 0.0382. The lowest BCUT2D eigenvalue weighted by Gasteiger charge is -2.11. The summed E-state index contributed by atoms with van der Waals surface area (Å²) in [6, 6.07) is 11.6. The van der Waals surface area contributed by atoms with E-state index in [1.54, 1.807) is 12.1 Å². The third kappa shape index (κ3) is 5.20. The minimum Gasteiger partial charge on any atom is -0.455 e. The number of esters is 1. The van der Waals surface area contributed by atoms with Crippen LogP contribution in [0.5, 0.6) is 0 Å². The number of ether oxygens (including phenoxy) is 1. The zero-order valence-electron chi connectivity index (χ0n) is 15.7. The molecule has 1 heterocycles. The maximum atomic E-state index is 13.0. The summed E-state index contributed by atoms with van der Waals surface area (Å²) in [4.78, 5) is 24.3. The average molecular weight is 435 g/mol. The normalized spacial score (nSPS) is 11.2. The maximum absolute atomic E-state index is 13.0. The summed E-state index contributed by atoms with van der Waals surface area (Å²) in [6.45, 7) is 1.62. The summed E-state index contributed by atoms with van der Waals surface area (Å²) in [7, 11) is 0. The van der Waals surface area contributed by atoms with E-state index in [1.165, 1.54) is 12.1 Å². The summed E-state index contributed by atoms with van der Waals surface area (Å²) >= 11 is 0.881. The molecule has 0 atom stereocenters. The van der Waals surface area contributed by atoms with Crippen LogP contribution in [-0.4, -0.2) is 22.1 Å². The van der Waals surface area contributed by atoms with Crippen molar-refractivity contribution in [2.24, 2.45) is 0 Å². The SMILES string of the molecule is CCc1ccc(NC(=O)c2nnc(COC(=O)c3ccccc3C(F)(F)F)s2)cc1. The van der Waals surface area contributed by atoms with Crippen molar-refractivity contribution in [3.05, 3.63) is 75.2 Å². The first-order valence-corrected chi connectivity index (χ1v) is 9.65. The predicted molar refractivity (Wildman–Crippen MR) is 104 cm³/mol. The quantitative estimate of drug-likeness (QED) is 0.566. The van der Waals surface area contributed by atoms with Crippen molar-refractivity contribution >= 4 is 28.9 Å². The van der Waals surface area contributed by atoms with E-state index >= 15 is 0 Å². The van der Waals surface area contributed by atoms with Crippen molar-refractivity contribution in [1.82, 2.24) is 10.2 Å². The highest BCUT2D eigenvalue weighted by molar-refractivity contribution is 7.13. The van der Waals surface area contributed by atoms with Gasteiger partial charge in [0.25, 0.3) is 5.91 Å². The average Bonchev–Trinajstić information content (AvgIpc) is 3.21. The Labute approximate surface area is 173 Å². The molecule has 1 amide bonds. The Morgan fingerprint density at radius 3 is 2.43 bits per heavy atom. The highest BCUT2D eigenvalue weighted by Gasteiger charge is 2.35. The zero-order chi connectivity index (χ0) is 21.7. The molecule has 1 N–H and O–H groups in total. The number of amides is 1. The van der Waals surface area contributed by atoms with Gasteiger partial charge in [-0.25, -0.2) is 4.79 Å². The molecule has 3 aromatic rings. The van der Waals surface area contributed by atoms with Gasteiger partial charge in [-0.3, -0.25) is 4.79 Å². The first-order chi connectivity index (χ1) is 14.3. The number of hydrogen-bond acceptors (Lipinski definition) is 6. The molecule has 0 unspecified atom stereocenters. The van der Waals surface area contributed by atoms with Gasteiger partial charge in [0, 0.05) is 5.69 Å². The molecular formula is C20H16F3N3O3S. The van der Waals surface area contributed by atoms with Crippen LogP contribution in [0, 0.1) is 0 Å². The van der Waals surface area contributed by atoms with Gasteiger partial charge in [0.1, 0.15) is 6.61 Å². The number of rotatable bonds is 6. The monoisotopic (exact) mass is 435 g/mol. The second-order valence-corrected chi connectivity index (χ2v) is 7.19. The van der Waals surface area contributed by atoms with E-state index in [0.29, 0.717) is 5.69 Å². The number of hydrogen-bond donors (Lipinski definition) is 1. The highest BCUT2D eigenvalue weighted by atomic mass is 32.1. The van der Waals surface area contributed by atoms with E-state index in [0.717, 1.165) is 35.5 Å². The topological polar surface area (TPSA) is 81.2 Å². The molecule has 0 spiro atoms. The van der Waals surface area contributed by atoms with Gasteiger partial charge in [-0.05, 0) is 36.2 Å². The predicted octanol–water partition coefficient (Wildman–Crippen LogP) is 4.73. The molecule has 0 radical (unpaired) electrons. The fourth-order valence-electron chi connectivity index (χ4n) is 2.53.